The highest BCUT2D eigenvalue weighted by atomic mass is 19.4. The Morgan fingerprint density at radius 1 is 1.28 bits per heavy atom. The fourth-order valence-corrected chi connectivity index (χ4v) is 2.12. The molecule has 1 heterocycles. The van der Waals surface area contributed by atoms with Gasteiger partial charge in [0, 0.05) is 18.2 Å². The minimum Gasteiger partial charge on any atom is -0.360 e. The molecule has 0 saturated carbocycles. The molecule has 0 aliphatic heterocycles. The molecule has 25 heavy (non-hydrogen) atoms. The third-order valence-corrected chi connectivity index (χ3v) is 3.34. The number of carbonyl (C=O) groups is 2. The van der Waals surface area contributed by atoms with Crippen LogP contribution in [-0.4, -0.2) is 35.0 Å². The van der Waals surface area contributed by atoms with Gasteiger partial charge in [0.2, 0.25) is 5.91 Å². The number of aryl methyl sites for hydroxylation is 1. The average molecular weight is 355 g/mol. The molecule has 9 heteroatoms. The molecule has 0 unspecified atom stereocenters. The maximum absolute atomic E-state index is 12.8. The number of likely N-dealkylation sites (N-methyl/N-ethyl adjacent to an activating group) is 1. The summed E-state index contributed by atoms with van der Waals surface area (Å²) in [5.74, 6) is -0.497. The van der Waals surface area contributed by atoms with E-state index in [1.807, 2.05) is 0 Å². The van der Waals surface area contributed by atoms with Crippen LogP contribution < -0.4 is 5.32 Å². The molecule has 0 bridgehead atoms. The third kappa shape index (κ3) is 4.82. The van der Waals surface area contributed by atoms with E-state index >= 15 is 0 Å². The van der Waals surface area contributed by atoms with Crippen molar-refractivity contribution in [3.8, 4) is 0 Å². The van der Waals surface area contributed by atoms with Gasteiger partial charge in [0.15, 0.2) is 5.82 Å². The van der Waals surface area contributed by atoms with E-state index in [1.54, 1.807) is 13.8 Å². The number of alkyl halides is 3. The Labute approximate surface area is 141 Å². The van der Waals surface area contributed by atoms with Crippen molar-refractivity contribution in [1.29, 1.82) is 0 Å². The molecule has 2 aromatic rings. The van der Waals surface area contributed by atoms with Crippen LogP contribution in [0.2, 0.25) is 0 Å². The molecule has 0 fully saturated rings. The lowest BCUT2D eigenvalue weighted by atomic mass is 10.1. The molecule has 0 radical (unpaired) electrons. The van der Waals surface area contributed by atoms with Gasteiger partial charge < -0.3 is 14.7 Å². The van der Waals surface area contributed by atoms with Gasteiger partial charge in [-0.25, -0.2) is 0 Å². The largest absolute Gasteiger partial charge is 0.416 e. The second kappa shape index (κ2) is 7.37. The number of hydrogen-bond acceptors (Lipinski definition) is 4. The highest BCUT2D eigenvalue weighted by molar-refractivity contribution is 5.99. The lowest BCUT2D eigenvalue weighted by molar-refractivity contribution is -0.137. The quantitative estimate of drug-likeness (QED) is 0.894. The summed E-state index contributed by atoms with van der Waals surface area (Å²) >= 11 is 0. The minimum absolute atomic E-state index is 0.137. The van der Waals surface area contributed by atoms with Crippen molar-refractivity contribution in [1.82, 2.24) is 10.1 Å². The number of benzene rings is 1. The molecule has 0 spiro atoms. The zero-order chi connectivity index (χ0) is 18.6. The highest BCUT2D eigenvalue weighted by Crippen LogP contribution is 2.29. The molecule has 134 valence electrons. The minimum atomic E-state index is -4.55. The van der Waals surface area contributed by atoms with Crippen LogP contribution in [0, 0.1) is 6.92 Å². The number of aromatic nitrogens is 1. The third-order valence-electron chi connectivity index (χ3n) is 3.34. The predicted molar refractivity (Wildman–Crippen MR) is 82.9 cm³/mol. The Morgan fingerprint density at radius 2 is 2.00 bits per heavy atom. The van der Waals surface area contributed by atoms with Crippen LogP contribution in [0.1, 0.15) is 28.6 Å². The molecule has 0 atom stereocenters. The maximum atomic E-state index is 12.8. The summed E-state index contributed by atoms with van der Waals surface area (Å²) in [5, 5.41) is 6.05. The molecular weight excluding hydrogens is 339 g/mol. The van der Waals surface area contributed by atoms with Crippen molar-refractivity contribution in [3.63, 3.8) is 0 Å². The van der Waals surface area contributed by atoms with Crippen molar-refractivity contribution in [2.24, 2.45) is 0 Å². The van der Waals surface area contributed by atoms with Crippen molar-refractivity contribution < 1.29 is 27.3 Å². The van der Waals surface area contributed by atoms with Crippen molar-refractivity contribution >= 4 is 17.6 Å². The van der Waals surface area contributed by atoms with Crippen LogP contribution >= 0.6 is 0 Å². The molecule has 1 aromatic heterocycles. The van der Waals surface area contributed by atoms with E-state index in [9.17, 15) is 22.8 Å². The van der Waals surface area contributed by atoms with E-state index in [0.29, 0.717) is 5.76 Å². The zero-order valence-corrected chi connectivity index (χ0v) is 13.6. The first-order valence-electron chi connectivity index (χ1n) is 7.40. The van der Waals surface area contributed by atoms with Gasteiger partial charge >= 0.3 is 6.18 Å². The first-order valence-corrected chi connectivity index (χ1v) is 7.40. The fourth-order valence-electron chi connectivity index (χ4n) is 2.12. The maximum Gasteiger partial charge on any atom is 0.416 e. The van der Waals surface area contributed by atoms with Gasteiger partial charge in [0.05, 0.1) is 5.56 Å². The Morgan fingerprint density at radius 3 is 2.56 bits per heavy atom. The van der Waals surface area contributed by atoms with E-state index in [0.717, 1.165) is 23.1 Å². The van der Waals surface area contributed by atoms with Gasteiger partial charge in [0.25, 0.3) is 5.91 Å². The van der Waals surface area contributed by atoms with Crippen LogP contribution in [0.4, 0.5) is 19.0 Å². The van der Waals surface area contributed by atoms with Crippen LogP contribution in [0.15, 0.2) is 34.9 Å². The van der Waals surface area contributed by atoms with Crippen LogP contribution in [0.5, 0.6) is 0 Å². The summed E-state index contributed by atoms with van der Waals surface area (Å²) < 4.78 is 43.1. The topological polar surface area (TPSA) is 75.4 Å². The van der Waals surface area contributed by atoms with Crippen LogP contribution in [-0.2, 0) is 11.0 Å². The Bertz CT molecular complexity index is 771. The fraction of sp³-hybridized carbons (Fsp3) is 0.312. The van der Waals surface area contributed by atoms with Crippen molar-refractivity contribution in [2.75, 3.05) is 18.4 Å². The Balaban J connectivity index is 2.09. The lowest BCUT2D eigenvalue weighted by Crippen LogP contribution is -2.38. The van der Waals surface area contributed by atoms with E-state index < -0.39 is 23.6 Å². The molecule has 0 aliphatic carbocycles. The van der Waals surface area contributed by atoms with Crippen molar-refractivity contribution in [2.45, 2.75) is 20.0 Å². The summed E-state index contributed by atoms with van der Waals surface area (Å²) in [4.78, 5) is 25.5. The first kappa shape index (κ1) is 18.5. The van der Waals surface area contributed by atoms with Gasteiger partial charge in [0.1, 0.15) is 12.3 Å². The summed E-state index contributed by atoms with van der Waals surface area (Å²) in [7, 11) is 0. The number of nitrogens with one attached hydrogen (secondary N) is 1. The van der Waals surface area contributed by atoms with E-state index in [2.05, 4.69) is 10.5 Å². The van der Waals surface area contributed by atoms with Gasteiger partial charge in [-0.15, -0.1) is 0 Å². The predicted octanol–water partition coefficient (Wildman–Crippen LogP) is 3.10. The van der Waals surface area contributed by atoms with E-state index in [4.69, 9.17) is 4.52 Å². The molecular formula is C16H16F3N3O3. The Hall–Kier alpha value is -2.84. The van der Waals surface area contributed by atoms with Crippen LogP contribution in [0.25, 0.3) is 0 Å². The molecule has 0 saturated heterocycles. The van der Waals surface area contributed by atoms with E-state index in [-0.39, 0.29) is 24.5 Å². The van der Waals surface area contributed by atoms with Crippen molar-refractivity contribution in [3.05, 3.63) is 47.2 Å². The number of anilines is 1. The summed E-state index contributed by atoms with van der Waals surface area (Å²) in [5.41, 5.74) is -1.06. The van der Waals surface area contributed by atoms with Crippen LogP contribution in [0.3, 0.4) is 0 Å². The molecule has 2 amide bonds. The van der Waals surface area contributed by atoms with Gasteiger partial charge in [-0.2, -0.15) is 13.2 Å². The molecule has 2 rings (SSSR count). The lowest BCUT2D eigenvalue weighted by Gasteiger charge is -2.20. The van der Waals surface area contributed by atoms with Gasteiger partial charge in [-0.3, -0.25) is 9.59 Å². The summed E-state index contributed by atoms with van der Waals surface area (Å²) in [6.45, 7) is 3.11. The molecule has 6 nitrogen and oxygen atoms in total. The SMILES string of the molecule is CCN(CC(=O)Nc1cc(C)on1)C(=O)c1cccc(C(F)(F)F)c1. The number of rotatable bonds is 5. The monoisotopic (exact) mass is 355 g/mol. The number of amides is 2. The van der Waals surface area contributed by atoms with Gasteiger partial charge in [-0.1, -0.05) is 11.2 Å². The second-order valence-electron chi connectivity index (χ2n) is 5.27. The number of nitrogens with zero attached hydrogens (tertiary/aromatic N) is 2. The van der Waals surface area contributed by atoms with Gasteiger partial charge in [-0.05, 0) is 32.0 Å². The molecule has 1 N–H and O–H groups in total. The number of carbonyl (C=O) groups excluding carboxylic acids is 2. The highest BCUT2D eigenvalue weighted by Gasteiger charge is 2.31. The smallest absolute Gasteiger partial charge is 0.360 e. The second-order valence-corrected chi connectivity index (χ2v) is 5.27. The standard InChI is InChI=1S/C16H16F3N3O3/c1-3-22(9-14(23)20-13-7-10(2)25-21-13)15(24)11-5-4-6-12(8-11)16(17,18)19/h4-8H,3,9H2,1-2H3,(H,20,21,23). The summed E-state index contributed by atoms with van der Waals surface area (Å²) in [6.07, 6.45) is -4.55. The number of halogens is 3. The number of hydrogen-bond donors (Lipinski definition) is 1. The van der Waals surface area contributed by atoms with E-state index in [1.165, 1.54) is 12.1 Å². The summed E-state index contributed by atoms with van der Waals surface area (Å²) in [6, 6.07) is 5.58. The normalized spacial score (nSPS) is 11.2. The molecule has 1 aromatic carbocycles. The average Bonchev–Trinajstić information content (AvgIpc) is 2.96. The zero-order valence-electron chi connectivity index (χ0n) is 13.6. The Kier molecular flexibility index (Phi) is 5.45. The molecule has 0 aliphatic rings. The first-order chi connectivity index (χ1) is 11.7.